The van der Waals surface area contributed by atoms with E-state index in [0.29, 0.717) is 5.69 Å². The van der Waals surface area contributed by atoms with Crippen molar-refractivity contribution < 1.29 is 14.3 Å². The molecule has 0 atom stereocenters. The number of H-pyrrole nitrogens is 1. The molecule has 0 aliphatic carbocycles. The molecule has 54 valence electrons. The number of nitrogens with one attached hydrogen (secondary N) is 1. The van der Waals surface area contributed by atoms with Crippen molar-refractivity contribution in [3.8, 4) is 0 Å². The number of aromatic amines is 1. The highest BCUT2D eigenvalue weighted by atomic mass is 19.1. The number of carboxylic acids is 1. The molecule has 1 rings (SSSR count). The molecular formula is C6H6FNO2. The molecule has 0 spiro atoms. The molecule has 1 aromatic rings. The van der Waals surface area contributed by atoms with Crippen LogP contribution >= 0.6 is 0 Å². The van der Waals surface area contributed by atoms with E-state index >= 15 is 0 Å². The molecule has 1 heterocycles. The van der Waals surface area contributed by atoms with Crippen molar-refractivity contribution >= 4 is 5.97 Å². The summed E-state index contributed by atoms with van der Waals surface area (Å²) < 4.78 is 12.4. The number of aromatic carboxylic acids is 1. The maximum Gasteiger partial charge on any atom is 0.355 e. The van der Waals surface area contributed by atoms with E-state index in [1.807, 2.05) is 0 Å². The van der Waals surface area contributed by atoms with Crippen molar-refractivity contribution in [2.75, 3.05) is 0 Å². The van der Waals surface area contributed by atoms with Gasteiger partial charge in [-0.3, -0.25) is 0 Å². The Morgan fingerprint density at radius 3 is 2.60 bits per heavy atom. The third kappa shape index (κ3) is 1.00. The lowest BCUT2D eigenvalue weighted by Crippen LogP contribution is -1.98. The number of carbonyl (C=O) groups is 1. The van der Waals surface area contributed by atoms with Gasteiger partial charge >= 0.3 is 5.97 Å². The minimum absolute atomic E-state index is 0.377. The van der Waals surface area contributed by atoms with E-state index in [2.05, 4.69) is 4.98 Å². The van der Waals surface area contributed by atoms with Crippen LogP contribution in [0, 0.1) is 12.7 Å². The Kier molecular flexibility index (Phi) is 1.45. The Labute approximate surface area is 56.5 Å². The molecule has 0 bridgehead atoms. The van der Waals surface area contributed by atoms with Gasteiger partial charge in [-0.15, -0.1) is 0 Å². The van der Waals surface area contributed by atoms with Gasteiger partial charge in [-0.1, -0.05) is 0 Å². The smallest absolute Gasteiger partial charge is 0.355 e. The third-order valence-electron chi connectivity index (χ3n) is 1.12. The van der Waals surface area contributed by atoms with Gasteiger partial charge < -0.3 is 10.1 Å². The number of rotatable bonds is 1. The summed E-state index contributed by atoms with van der Waals surface area (Å²) in [5.41, 5.74) is 0.132. The van der Waals surface area contributed by atoms with Gasteiger partial charge in [0.2, 0.25) is 0 Å². The summed E-state index contributed by atoms with van der Waals surface area (Å²) in [7, 11) is 0. The fourth-order valence-corrected chi connectivity index (χ4v) is 0.711. The molecule has 10 heavy (non-hydrogen) atoms. The average molecular weight is 143 g/mol. The van der Waals surface area contributed by atoms with Gasteiger partial charge in [0.1, 0.15) is 0 Å². The van der Waals surface area contributed by atoms with Crippen molar-refractivity contribution in [1.82, 2.24) is 4.98 Å². The van der Waals surface area contributed by atoms with Gasteiger partial charge in [0.15, 0.2) is 11.5 Å². The van der Waals surface area contributed by atoms with Crippen LogP contribution in [0.1, 0.15) is 16.2 Å². The predicted octanol–water partition coefficient (Wildman–Crippen LogP) is 1.16. The Hall–Kier alpha value is -1.32. The molecule has 0 amide bonds. The van der Waals surface area contributed by atoms with Gasteiger partial charge in [-0.05, 0) is 13.0 Å². The molecule has 0 saturated heterocycles. The van der Waals surface area contributed by atoms with Crippen molar-refractivity contribution in [2.24, 2.45) is 0 Å². The van der Waals surface area contributed by atoms with E-state index < -0.39 is 11.8 Å². The number of hydrogen-bond acceptors (Lipinski definition) is 1. The van der Waals surface area contributed by atoms with Crippen LogP contribution in [0.2, 0.25) is 0 Å². The van der Waals surface area contributed by atoms with Crippen LogP contribution in [0.25, 0.3) is 0 Å². The van der Waals surface area contributed by atoms with Crippen LogP contribution in [-0.2, 0) is 0 Å². The first-order valence-corrected chi connectivity index (χ1v) is 2.69. The number of aryl methyl sites for hydroxylation is 1. The zero-order valence-corrected chi connectivity index (χ0v) is 5.31. The minimum Gasteiger partial charge on any atom is -0.476 e. The molecule has 0 fully saturated rings. The van der Waals surface area contributed by atoms with Crippen LogP contribution in [-0.4, -0.2) is 16.1 Å². The molecule has 2 N–H and O–H groups in total. The van der Waals surface area contributed by atoms with E-state index in [4.69, 9.17) is 5.11 Å². The highest BCUT2D eigenvalue weighted by molar-refractivity contribution is 5.85. The normalized spacial score (nSPS) is 9.80. The molecule has 0 unspecified atom stereocenters. The second-order valence-corrected chi connectivity index (χ2v) is 1.98. The van der Waals surface area contributed by atoms with E-state index in [-0.39, 0.29) is 5.69 Å². The monoisotopic (exact) mass is 143 g/mol. The fourth-order valence-electron chi connectivity index (χ4n) is 0.711. The van der Waals surface area contributed by atoms with Gasteiger partial charge in [0.05, 0.1) is 0 Å². The van der Waals surface area contributed by atoms with Crippen LogP contribution < -0.4 is 0 Å². The summed E-state index contributed by atoms with van der Waals surface area (Å²) in [6.45, 7) is 1.59. The van der Waals surface area contributed by atoms with E-state index in [1.165, 1.54) is 0 Å². The van der Waals surface area contributed by atoms with Gasteiger partial charge in [0, 0.05) is 5.69 Å². The lowest BCUT2D eigenvalue weighted by molar-refractivity contribution is 0.0686. The maximum absolute atomic E-state index is 12.4. The maximum atomic E-state index is 12.4. The van der Waals surface area contributed by atoms with Gasteiger partial charge in [-0.25, -0.2) is 9.18 Å². The Balaban J connectivity index is 3.15. The summed E-state index contributed by atoms with van der Waals surface area (Å²) in [6, 6.07) is 1.14. The zero-order valence-electron chi connectivity index (χ0n) is 5.31. The molecule has 0 radical (unpaired) electrons. The summed E-state index contributed by atoms with van der Waals surface area (Å²) in [6.07, 6.45) is 0. The average Bonchev–Trinajstić information content (AvgIpc) is 2.10. The van der Waals surface area contributed by atoms with Crippen LogP contribution in [0.5, 0.6) is 0 Å². The van der Waals surface area contributed by atoms with Crippen LogP contribution in [0.15, 0.2) is 6.07 Å². The van der Waals surface area contributed by atoms with Gasteiger partial charge in [-0.2, -0.15) is 0 Å². The minimum atomic E-state index is -1.27. The highest BCUT2D eigenvalue weighted by Gasteiger charge is 2.11. The molecule has 1 aromatic heterocycles. The van der Waals surface area contributed by atoms with E-state index in [1.54, 1.807) is 6.92 Å². The van der Waals surface area contributed by atoms with Gasteiger partial charge in [0.25, 0.3) is 0 Å². The second kappa shape index (κ2) is 2.13. The Morgan fingerprint density at radius 1 is 1.80 bits per heavy atom. The highest BCUT2D eigenvalue weighted by Crippen LogP contribution is 2.06. The second-order valence-electron chi connectivity index (χ2n) is 1.98. The Morgan fingerprint density at radius 2 is 2.40 bits per heavy atom. The largest absolute Gasteiger partial charge is 0.476 e. The van der Waals surface area contributed by atoms with Crippen molar-refractivity contribution in [1.29, 1.82) is 0 Å². The van der Waals surface area contributed by atoms with Crippen molar-refractivity contribution in [3.63, 3.8) is 0 Å². The lowest BCUT2D eigenvalue weighted by atomic mass is 10.4. The first-order valence-electron chi connectivity index (χ1n) is 2.69. The first kappa shape index (κ1) is 6.80. The topological polar surface area (TPSA) is 53.1 Å². The number of hydrogen-bond donors (Lipinski definition) is 2. The summed E-state index contributed by atoms with van der Waals surface area (Å²) in [5, 5.41) is 8.31. The SMILES string of the molecule is Cc1cc(F)c(C(=O)O)[nH]1. The first-order chi connectivity index (χ1) is 4.61. The Bertz CT molecular complexity index is 267. The quantitative estimate of drug-likeness (QED) is 0.619. The number of aromatic nitrogens is 1. The summed E-state index contributed by atoms with van der Waals surface area (Å²) in [5.74, 6) is -1.99. The molecule has 0 aliphatic rings. The summed E-state index contributed by atoms with van der Waals surface area (Å²) in [4.78, 5) is 12.5. The molecule has 0 aliphatic heterocycles. The van der Waals surface area contributed by atoms with Crippen LogP contribution in [0.3, 0.4) is 0 Å². The molecule has 3 nitrogen and oxygen atoms in total. The number of carboxylic acid groups (broad SMARTS) is 1. The fraction of sp³-hybridized carbons (Fsp3) is 0.167. The summed E-state index contributed by atoms with van der Waals surface area (Å²) >= 11 is 0. The molecule has 0 saturated carbocycles. The van der Waals surface area contributed by atoms with E-state index in [0.717, 1.165) is 6.07 Å². The predicted molar refractivity (Wildman–Crippen MR) is 32.4 cm³/mol. The molecule has 0 aromatic carbocycles. The van der Waals surface area contributed by atoms with Crippen molar-refractivity contribution in [2.45, 2.75) is 6.92 Å². The van der Waals surface area contributed by atoms with Crippen molar-refractivity contribution in [3.05, 3.63) is 23.3 Å². The lowest BCUT2D eigenvalue weighted by Gasteiger charge is -1.85. The van der Waals surface area contributed by atoms with E-state index in [9.17, 15) is 9.18 Å². The number of halogens is 1. The third-order valence-corrected chi connectivity index (χ3v) is 1.12. The molecular weight excluding hydrogens is 137 g/mol. The van der Waals surface area contributed by atoms with Crippen LogP contribution in [0.4, 0.5) is 4.39 Å². The molecule has 4 heteroatoms. The standard InChI is InChI=1S/C6H6FNO2/c1-3-2-4(7)5(8-3)6(9)10/h2,8H,1H3,(H,9,10). The zero-order chi connectivity index (χ0) is 7.72.